The molecule has 0 saturated heterocycles. The van der Waals surface area contributed by atoms with Gasteiger partial charge in [-0.05, 0) is 48.4 Å². The molecule has 0 bridgehead atoms. The molecule has 0 fully saturated rings. The maximum absolute atomic E-state index is 12.3. The van der Waals surface area contributed by atoms with Gasteiger partial charge in [-0.3, -0.25) is 4.79 Å². The van der Waals surface area contributed by atoms with Crippen molar-refractivity contribution in [1.29, 1.82) is 0 Å². The third-order valence-electron chi connectivity index (χ3n) is 3.59. The summed E-state index contributed by atoms with van der Waals surface area (Å²) in [6.45, 7) is 1.73. The first-order valence-electron chi connectivity index (χ1n) is 6.76. The summed E-state index contributed by atoms with van der Waals surface area (Å²) in [7, 11) is 0. The van der Waals surface area contributed by atoms with Crippen LogP contribution in [0.15, 0.2) is 40.9 Å². The van der Waals surface area contributed by atoms with Gasteiger partial charge >= 0.3 is 0 Å². The number of aromatic hydroxyl groups is 1. The molecular weight excluding hydrogens is 332 g/mol. The number of anilines is 1. The average molecular weight is 347 g/mol. The van der Waals surface area contributed by atoms with Gasteiger partial charge in [0.2, 0.25) is 0 Å². The molecule has 0 atom stereocenters. The zero-order valence-corrected chi connectivity index (χ0v) is 12.9. The molecule has 5 heteroatoms. The van der Waals surface area contributed by atoms with Crippen molar-refractivity contribution in [2.75, 3.05) is 11.9 Å². The second-order valence-corrected chi connectivity index (χ2v) is 5.90. The van der Waals surface area contributed by atoms with E-state index >= 15 is 0 Å². The predicted octanol–water partition coefficient (Wildman–Crippen LogP) is 3.05. The molecule has 0 unspecified atom stereocenters. The van der Waals surface area contributed by atoms with E-state index in [-0.39, 0.29) is 17.2 Å². The summed E-state index contributed by atoms with van der Waals surface area (Å²) in [5.41, 5.74) is 3.46. The zero-order valence-electron chi connectivity index (χ0n) is 11.3. The third kappa shape index (κ3) is 2.94. The number of nitrogens with one attached hydrogen (secondary N) is 2. The van der Waals surface area contributed by atoms with Crippen molar-refractivity contribution < 1.29 is 9.90 Å². The summed E-state index contributed by atoms with van der Waals surface area (Å²) in [6, 6.07) is 10.7. The standard InChI is InChI=1S/C16H15BrN2O2/c17-11-4-5-13(15(20)8-11)16(21)19-14-3-1-2-10-9-18-7-6-12(10)14/h1-5,8,18,20H,6-7,9H2,(H,19,21). The summed E-state index contributed by atoms with van der Waals surface area (Å²) >= 11 is 3.26. The van der Waals surface area contributed by atoms with Crippen LogP contribution in [0.25, 0.3) is 0 Å². The Hall–Kier alpha value is -1.85. The number of benzene rings is 2. The van der Waals surface area contributed by atoms with E-state index in [1.165, 1.54) is 17.2 Å². The quantitative estimate of drug-likeness (QED) is 0.783. The lowest BCUT2D eigenvalue weighted by molar-refractivity contribution is 0.102. The van der Waals surface area contributed by atoms with Crippen molar-refractivity contribution in [1.82, 2.24) is 5.32 Å². The van der Waals surface area contributed by atoms with E-state index in [4.69, 9.17) is 0 Å². The molecule has 1 aliphatic heterocycles. The van der Waals surface area contributed by atoms with Crippen molar-refractivity contribution in [3.05, 3.63) is 57.6 Å². The fraction of sp³-hybridized carbons (Fsp3) is 0.188. The van der Waals surface area contributed by atoms with Crippen LogP contribution in [-0.4, -0.2) is 17.6 Å². The highest BCUT2D eigenvalue weighted by Gasteiger charge is 2.16. The van der Waals surface area contributed by atoms with Gasteiger partial charge in [-0.1, -0.05) is 28.1 Å². The normalized spacial score (nSPS) is 13.6. The molecule has 0 radical (unpaired) electrons. The number of fused-ring (bicyclic) bond motifs is 1. The molecule has 0 aliphatic carbocycles. The van der Waals surface area contributed by atoms with Crippen LogP contribution in [0.1, 0.15) is 21.5 Å². The average Bonchev–Trinajstić information content (AvgIpc) is 2.47. The number of carbonyl (C=O) groups is 1. The Labute approximate surface area is 131 Å². The molecular formula is C16H15BrN2O2. The SMILES string of the molecule is O=C(Nc1cccc2c1CCNC2)c1ccc(Br)cc1O. The van der Waals surface area contributed by atoms with E-state index in [9.17, 15) is 9.90 Å². The zero-order chi connectivity index (χ0) is 14.8. The first-order chi connectivity index (χ1) is 10.1. The summed E-state index contributed by atoms with van der Waals surface area (Å²) in [6.07, 6.45) is 0.887. The van der Waals surface area contributed by atoms with Crippen molar-refractivity contribution in [2.24, 2.45) is 0 Å². The van der Waals surface area contributed by atoms with Crippen LogP contribution in [0.4, 0.5) is 5.69 Å². The van der Waals surface area contributed by atoms with Gasteiger partial charge in [0.25, 0.3) is 5.91 Å². The minimum absolute atomic E-state index is 0.0339. The van der Waals surface area contributed by atoms with Crippen molar-refractivity contribution in [2.45, 2.75) is 13.0 Å². The topological polar surface area (TPSA) is 61.4 Å². The lowest BCUT2D eigenvalue weighted by Crippen LogP contribution is -2.25. The molecule has 0 spiro atoms. The molecule has 3 rings (SSSR count). The highest BCUT2D eigenvalue weighted by Crippen LogP contribution is 2.26. The van der Waals surface area contributed by atoms with Crippen molar-refractivity contribution in [3.8, 4) is 5.75 Å². The number of hydrogen-bond donors (Lipinski definition) is 3. The predicted molar refractivity (Wildman–Crippen MR) is 85.6 cm³/mol. The van der Waals surface area contributed by atoms with Crippen LogP contribution in [0.5, 0.6) is 5.75 Å². The maximum atomic E-state index is 12.3. The van der Waals surface area contributed by atoms with Gasteiger partial charge < -0.3 is 15.7 Å². The molecule has 4 nitrogen and oxygen atoms in total. The number of rotatable bonds is 2. The first kappa shape index (κ1) is 14.1. The number of hydrogen-bond acceptors (Lipinski definition) is 3. The molecule has 1 heterocycles. The fourth-order valence-electron chi connectivity index (χ4n) is 2.54. The molecule has 2 aromatic carbocycles. The van der Waals surface area contributed by atoms with Gasteiger partial charge in [0, 0.05) is 16.7 Å². The van der Waals surface area contributed by atoms with E-state index in [0.29, 0.717) is 0 Å². The van der Waals surface area contributed by atoms with E-state index < -0.39 is 0 Å². The number of halogens is 1. The summed E-state index contributed by atoms with van der Waals surface area (Å²) in [4.78, 5) is 12.3. The van der Waals surface area contributed by atoms with Gasteiger partial charge in [-0.25, -0.2) is 0 Å². The Morgan fingerprint density at radius 1 is 1.29 bits per heavy atom. The van der Waals surface area contributed by atoms with E-state index in [0.717, 1.165) is 29.7 Å². The number of carbonyl (C=O) groups excluding carboxylic acids is 1. The second-order valence-electron chi connectivity index (χ2n) is 4.99. The smallest absolute Gasteiger partial charge is 0.259 e. The van der Waals surface area contributed by atoms with Crippen LogP contribution in [-0.2, 0) is 13.0 Å². The van der Waals surface area contributed by atoms with Gasteiger partial charge in [-0.2, -0.15) is 0 Å². The minimum Gasteiger partial charge on any atom is -0.507 e. The number of phenolic OH excluding ortho intramolecular Hbond substituents is 1. The van der Waals surface area contributed by atoms with E-state index in [2.05, 4.69) is 32.6 Å². The number of amides is 1. The Balaban J connectivity index is 1.88. The molecule has 1 amide bonds. The molecule has 1 aliphatic rings. The molecule has 0 saturated carbocycles. The summed E-state index contributed by atoms with van der Waals surface area (Å²) < 4.78 is 0.736. The number of phenols is 1. The van der Waals surface area contributed by atoms with E-state index in [1.807, 2.05) is 12.1 Å². The van der Waals surface area contributed by atoms with Crippen molar-refractivity contribution in [3.63, 3.8) is 0 Å². The molecule has 108 valence electrons. The summed E-state index contributed by atoms with van der Waals surface area (Å²) in [5, 5.41) is 16.1. The maximum Gasteiger partial charge on any atom is 0.259 e. The van der Waals surface area contributed by atoms with E-state index in [1.54, 1.807) is 12.1 Å². The van der Waals surface area contributed by atoms with Gasteiger partial charge in [0.15, 0.2) is 0 Å². The highest BCUT2D eigenvalue weighted by molar-refractivity contribution is 9.10. The minimum atomic E-state index is -0.299. The lowest BCUT2D eigenvalue weighted by Gasteiger charge is -2.20. The molecule has 21 heavy (non-hydrogen) atoms. The van der Waals surface area contributed by atoms with Gasteiger partial charge in [-0.15, -0.1) is 0 Å². The molecule has 3 N–H and O–H groups in total. The Bertz CT molecular complexity index is 701. The van der Waals surface area contributed by atoms with Crippen LogP contribution < -0.4 is 10.6 Å². The highest BCUT2D eigenvalue weighted by atomic mass is 79.9. The lowest BCUT2D eigenvalue weighted by atomic mass is 9.99. The summed E-state index contributed by atoms with van der Waals surface area (Å²) in [5.74, 6) is -0.333. The van der Waals surface area contributed by atoms with Crippen LogP contribution in [0.2, 0.25) is 0 Å². The van der Waals surface area contributed by atoms with Crippen LogP contribution >= 0.6 is 15.9 Å². The monoisotopic (exact) mass is 346 g/mol. The Kier molecular flexibility index (Phi) is 3.94. The fourth-order valence-corrected chi connectivity index (χ4v) is 2.88. The first-order valence-corrected chi connectivity index (χ1v) is 7.56. The van der Waals surface area contributed by atoms with Crippen LogP contribution in [0, 0.1) is 0 Å². The second kappa shape index (κ2) is 5.87. The molecule has 2 aromatic rings. The van der Waals surface area contributed by atoms with Gasteiger partial charge in [0.1, 0.15) is 5.75 Å². The van der Waals surface area contributed by atoms with Gasteiger partial charge in [0.05, 0.1) is 5.56 Å². The Morgan fingerprint density at radius 3 is 2.95 bits per heavy atom. The largest absolute Gasteiger partial charge is 0.507 e. The Morgan fingerprint density at radius 2 is 2.14 bits per heavy atom. The van der Waals surface area contributed by atoms with Crippen LogP contribution in [0.3, 0.4) is 0 Å². The van der Waals surface area contributed by atoms with Crippen molar-refractivity contribution >= 4 is 27.5 Å². The molecule has 0 aromatic heterocycles. The third-order valence-corrected chi connectivity index (χ3v) is 4.09.